The van der Waals surface area contributed by atoms with Crippen LogP contribution in [0.25, 0.3) is 17.4 Å². The van der Waals surface area contributed by atoms with Crippen molar-refractivity contribution in [3.63, 3.8) is 0 Å². The molecular formula is C23H17BrN2O4. The molecule has 7 heteroatoms. The molecule has 0 spiro atoms. The first-order valence-electron chi connectivity index (χ1n) is 9.18. The molecule has 2 heterocycles. The average Bonchev–Trinajstić information content (AvgIpc) is 3.17. The smallest absolute Gasteiger partial charge is 0.335 e. The van der Waals surface area contributed by atoms with E-state index in [4.69, 9.17) is 4.42 Å². The summed E-state index contributed by atoms with van der Waals surface area (Å²) in [7, 11) is 0. The Kier molecular flexibility index (Phi) is 5.13. The fourth-order valence-corrected chi connectivity index (χ4v) is 3.36. The Morgan fingerprint density at radius 3 is 2.37 bits per heavy atom. The van der Waals surface area contributed by atoms with Crippen LogP contribution in [0.2, 0.25) is 0 Å². The minimum atomic E-state index is -0.777. The van der Waals surface area contributed by atoms with Gasteiger partial charge >= 0.3 is 6.03 Å². The van der Waals surface area contributed by atoms with E-state index in [0.29, 0.717) is 17.2 Å². The summed E-state index contributed by atoms with van der Waals surface area (Å²) in [6.07, 6.45) is 1.35. The van der Waals surface area contributed by atoms with Gasteiger partial charge in [-0.2, -0.15) is 0 Å². The number of nitrogens with zero attached hydrogens (tertiary/aromatic N) is 1. The third-order valence-corrected chi connectivity index (χ3v) is 5.42. The number of carbonyl (C=O) groups is 3. The highest BCUT2D eigenvalue weighted by molar-refractivity contribution is 9.10. The molecule has 2 aromatic carbocycles. The van der Waals surface area contributed by atoms with Crippen molar-refractivity contribution in [3.8, 4) is 11.3 Å². The van der Waals surface area contributed by atoms with E-state index in [1.54, 1.807) is 24.3 Å². The van der Waals surface area contributed by atoms with Crippen molar-refractivity contribution in [1.29, 1.82) is 0 Å². The van der Waals surface area contributed by atoms with E-state index in [9.17, 15) is 14.4 Å². The third kappa shape index (κ3) is 3.71. The summed E-state index contributed by atoms with van der Waals surface area (Å²) >= 11 is 3.39. The summed E-state index contributed by atoms with van der Waals surface area (Å²) in [6.45, 7) is 3.82. The van der Waals surface area contributed by atoms with Gasteiger partial charge < -0.3 is 4.42 Å². The Bertz CT molecular complexity index is 1210. The number of rotatable bonds is 3. The number of anilines is 1. The van der Waals surface area contributed by atoms with Gasteiger partial charge in [0, 0.05) is 10.0 Å². The van der Waals surface area contributed by atoms with E-state index in [2.05, 4.69) is 21.2 Å². The fourth-order valence-electron chi connectivity index (χ4n) is 3.10. The van der Waals surface area contributed by atoms with Crippen LogP contribution in [0.4, 0.5) is 10.5 Å². The largest absolute Gasteiger partial charge is 0.457 e. The van der Waals surface area contributed by atoms with Gasteiger partial charge in [0.2, 0.25) is 0 Å². The SMILES string of the molecule is Cc1ccc(N2C(=O)NC(=O)/C(=C/c3ccc(-c4ccc(Br)cc4)o3)C2=O)cc1C. The van der Waals surface area contributed by atoms with Crippen LogP contribution in [0.1, 0.15) is 16.9 Å². The third-order valence-electron chi connectivity index (χ3n) is 4.89. The number of carbonyl (C=O) groups excluding carboxylic acids is 3. The molecule has 30 heavy (non-hydrogen) atoms. The quantitative estimate of drug-likeness (QED) is 0.437. The first-order chi connectivity index (χ1) is 14.3. The molecule has 0 unspecified atom stereocenters. The molecule has 4 rings (SSSR count). The first-order valence-corrected chi connectivity index (χ1v) is 9.97. The molecule has 6 nitrogen and oxygen atoms in total. The number of hydrogen-bond donors (Lipinski definition) is 1. The predicted octanol–water partition coefficient (Wildman–Crippen LogP) is 4.99. The lowest BCUT2D eigenvalue weighted by atomic mass is 10.1. The maximum Gasteiger partial charge on any atom is 0.335 e. The van der Waals surface area contributed by atoms with Crippen LogP contribution in [0.5, 0.6) is 0 Å². The summed E-state index contributed by atoms with van der Waals surface area (Å²) in [6, 6.07) is 15.4. The zero-order valence-corrected chi connectivity index (χ0v) is 17.8. The lowest BCUT2D eigenvalue weighted by Gasteiger charge is -2.26. The molecule has 0 bridgehead atoms. The van der Waals surface area contributed by atoms with E-state index in [1.165, 1.54) is 6.08 Å². The molecule has 1 aliphatic rings. The van der Waals surface area contributed by atoms with Crippen molar-refractivity contribution >= 4 is 45.5 Å². The van der Waals surface area contributed by atoms with Gasteiger partial charge in [-0.15, -0.1) is 0 Å². The molecule has 0 saturated carbocycles. The summed E-state index contributed by atoms with van der Waals surface area (Å²) in [5, 5.41) is 2.22. The van der Waals surface area contributed by atoms with Crippen LogP contribution < -0.4 is 10.2 Å². The number of amides is 4. The van der Waals surface area contributed by atoms with Crippen LogP contribution in [-0.2, 0) is 9.59 Å². The number of hydrogen-bond acceptors (Lipinski definition) is 4. The molecule has 0 atom stereocenters. The number of aryl methyl sites for hydroxylation is 2. The second kappa shape index (κ2) is 7.76. The molecule has 0 aliphatic carbocycles. The second-order valence-electron chi connectivity index (χ2n) is 6.94. The second-order valence-corrected chi connectivity index (χ2v) is 7.85. The molecular weight excluding hydrogens is 448 g/mol. The summed E-state index contributed by atoms with van der Waals surface area (Å²) in [4.78, 5) is 38.6. The van der Waals surface area contributed by atoms with Crippen LogP contribution in [0.15, 0.2) is 69.1 Å². The lowest BCUT2D eigenvalue weighted by molar-refractivity contribution is -0.122. The highest BCUT2D eigenvalue weighted by Gasteiger charge is 2.37. The van der Waals surface area contributed by atoms with Gasteiger partial charge in [-0.25, -0.2) is 9.69 Å². The number of imide groups is 2. The Hall–Kier alpha value is -3.45. The van der Waals surface area contributed by atoms with Gasteiger partial charge in [-0.1, -0.05) is 34.1 Å². The zero-order valence-electron chi connectivity index (χ0n) is 16.2. The normalized spacial score (nSPS) is 15.6. The van der Waals surface area contributed by atoms with Gasteiger partial charge in [0.05, 0.1) is 5.69 Å². The topological polar surface area (TPSA) is 79.6 Å². The van der Waals surface area contributed by atoms with Crippen molar-refractivity contribution in [3.05, 3.63) is 81.5 Å². The van der Waals surface area contributed by atoms with Crippen molar-refractivity contribution in [2.24, 2.45) is 0 Å². The molecule has 4 amide bonds. The minimum Gasteiger partial charge on any atom is -0.457 e. The molecule has 150 valence electrons. The highest BCUT2D eigenvalue weighted by atomic mass is 79.9. The van der Waals surface area contributed by atoms with Crippen molar-refractivity contribution in [2.45, 2.75) is 13.8 Å². The maximum atomic E-state index is 13.0. The molecule has 1 aliphatic heterocycles. The molecule has 0 radical (unpaired) electrons. The van der Waals surface area contributed by atoms with Crippen molar-refractivity contribution in [1.82, 2.24) is 5.32 Å². The van der Waals surface area contributed by atoms with Gasteiger partial charge in [-0.05, 0) is 67.4 Å². The van der Waals surface area contributed by atoms with E-state index in [-0.39, 0.29) is 5.57 Å². The standard InChI is InChI=1S/C23H17BrN2O4/c1-13-3-8-17(11-14(13)2)26-22(28)19(21(27)25-23(26)29)12-18-9-10-20(30-18)15-4-6-16(24)7-5-15/h3-12H,1-2H3,(H,25,27,29)/b19-12-. The monoisotopic (exact) mass is 464 g/mol. The maximum absolute atomic E-state index is 13.0. The number of nitrogens with one attached hydrogen (secondary N) is 1. The van der Waals surface area contributed by atoms with E-state index in [0.717, 1.165) is 26.1 Å². The predicted molar refractivity (Wildman–Crippen MR) is 117 cm³/mol. The van der Waals surface area contributed by atoms with Gasteiger partial charge in [0.15, 0.2) is 0 Å². The fraction of sp³-hybridized carbons (Fsp3) is 0.0870. The number of barbiturate groups is 1. The van der Waals surface area contributed by atoms with Crippen LogP contribution in [0.3, 0.4) is 0 Å². The van der Waals surface area contributed by atoms with Crippen LogP contribution in [0, 0.1) is 13.8 Å². The molecule has 3 aromatic rings. The Labute approximate surface area is 181 Å². The number of urea groups is 1. The number of benzene rings is 2. The Morgan fingerprint density at radius 2 is 1.67 bits per heavy atom. The van der Waals surface area contributed by atoms with Gasteiger partial charge in [-0.3, -0.25) is 14.9 Å². The van der Waals surface area contributed by atoms with Gasteiger partial charge in [0.1, 0.15) is 17.1 Å². The van der Waals surface area contributed by atoms with E-state index < -0.39 is 17.8 Å². The summed E-state index contributed by atoms with van der Waals surface area (Å²) < 4.78 is 6.73. The minimum absolute atomic E-state index is 0.176. The summed E-state index contributed by atoms with van der Waals surface area (Å²) in [5.41, 5.74) is 3.04. The zero-order chi connectivity index (χ0) is 21.4. The van der Waals surface area contributed by atoms with E-state index in [1.807, 2.05) is 44.2 Å². The number of furan rings is 1. The summed E-state index contributed by atoms with van der Waals surface area (Å²) in [5.74, 6) is -0.527. The Balaban J connectivity index is 1.67. The van der Waals surface area contributed by atoms with Crippen molar-refractivity contribution in [2.75, 3.05) is 4.90 Å². The molecule has 1 saturated heterocycles. The molecule has 1 aromatic heterocycles. The average molecular weight is 465 g/mol. The van der Waals surface area contributed by atoms with Crippen molar-refractivity contribution < 1.29 is 18.8 Å². The van der Waals surface area contributed by atoms with Gasteiger partial charge in [0.25, 0.3) is 11.8 Å². The lowest BCUT2D eigenvalue weighted by Crippen LogP contribution is -2.54. The number of halogens is 1. The molecule has 1 N–H and O–H groups in total. The highest BCUT2D eigenvalue weighted by Crippen LogP contribution is 2.27. The van der Waals surface area contributed by atoms with Crippen LogP contribution in [-0.4, -0.2) is 17.8 Å². The van der Waals surface area contributed by atoms with E-state index >= 15 is 0 Å². The first kappa shape index (κ1) is 19.8. The van der Waals surface area contributed by atoms with Crippen LogP contribution >= 0.6 is 15.9 Å². The molecule has 1 fully saturated rings. The Morgan fingerprint density at radius 1 is 0.933 bits per heavy atom.